The van der Waals surface area contributed by atoms with Crippen molar-refractivity contribution < 1.29 is 14.3 Å². The molecule has 6 heteroatoms. The highest BCUT2D eigenvalue weighted by Crippen LogP contribution is 2.26. The van der Waals surface area contributed by atoms with Crippen LogP contribution in [-0.4, -0.2) is 23.1 Å². The number of nitrogens with one attached hydrogen (secondary N) is 1. The average Bonchev–Trinajstić information content (AvgIpc) is 2.80. The summed E-state index contributed by atoms with van der Waals surface area (Å²) in [6.07, 6.45) is 0. The van der Waals surface area contributed by atoms with Crippen LogP contribution in [-0.2, 0) is 11.3 Å². The molecule has 0 spiro atoms. The van der Waals surface area contributed by atoms with Gasteiger partial charge in [0.2, 0.25) is 0 Å². The molecule has 1 aromatic carbocycles. The number of anilines is 1. The van der Waals surface area contributed by atoms with E-state index in [-0.39, 0.29) is 5.91 Å². The topological polar surface area (TPSA) is 60.3 Å². The first-order valence-corrected chi connectivity index (χ1v) is 9.05. The second kappa shape index (κ2) is 7.87. The van der Waals surface area contributed by atoms with Crippen molar-refractivity contribution in [2.24, 2.45) is 0 Å². The van der Waals surface area contributed by atoms with E-state index in [0.717, 1.165) is 21.4 Å². The number of aromatic nitrogens is 1. The number of esters is 1. The summed E-state index contributed by atoms with van der Waals surface area (Å²) in [5.41, 5.74) is 4.07. The summed E-state index contributed by atoms with van der Waals surface area (Å²) in [5, 5.41) is 2.95. The van der Waals surface area contributed by atoms with Crippen molar-refractivity contribution in [2.75, 3.05) is 11.9 Å². The lowest BCUT2D eigenvalue weighted by molar-refractivity contribution is 0.0512. The number of carbonyl (C=O) groups is 2. The maximum atomic E-state index is 12.9. The van der Waals surface area contributed by atoms with Crippen LogP contribution >= 0.6 is 15.9 Å². The molecular formula is C19H23BrN2O3. The molecule has 1 aromatic heterocycles. The van der Waals surface area contributed by atoms with Crippen LogP contribution < -0.4 is 5.32 Å². The Labute approximate surface area is 156 Å². The van der Waals surface area contributed by atoms with Gasteiger partial charge in [0.15, 0.2) is 0 Å². The van der Waals surface area contributed by atoms with Gasteiger partial charge in [-0.05, 0) is 63.9 Å². The van der Waals surface area contributed by atoms with E-state index >= 15 is 0 Å². The lowest BCUT2D eigenvalue weighted by Crippen LogP contribution is -2.15. The van der Waals surface area contributed by atoms with Crippen LogP contribution in [0.15, 0.2) is 22.7 Å². The highest BCUT2D eigenvalue weighted by molar-refractivity contribution is 9.10. The lowest BCUT2D eigenvalue weighted by atomic mass is 10.1. The molecule has 2 rings (SSSR count). The van der Waals surface area contributed by atoms with Crippen molar-refractivity contribution in [1.82, 2.24) is 4.57 Å². The molecule has 1 amide bonds. The van der Waals surface area contributed by atoms with Crippen molar-refractivity contribution in [3.8, 4) is 0 Å². The molecule has 0 atom stereocenters. The molecule has 0 aliphatic rings. The van der Waals surface area contributed by atoms with Gasteiger partial charge in [-0.1, -0.05) is 15.9 Å². The Morgan fingerprint density at radius 1 is 1.20 bits per heavy atom. The smallest absolute Gasteiger partial charge is 0.355 e. The normalized spacial score (nSPS) is 10.6. The Bertz CT molecular complexity index is 825. The quantitative estimate of drug-likeness (QED) is 0.736. The number of benzene rings is 1. The van der Waals surface area contributed by atoms with E-state index in [1.165, 1.54) is 0 Å². The van der Waals surface area contributed by atoms with Crippen LogP contribution in [0.5, 0.6) is 0 Å². The third-order valence-electron chi connectivity index (χ3n) is 4.22. The molecule has 25 heavy (non-hydrogen) atoms. The summed E-state index contributed by atoms with van der Waals surface area (Å²) in [4.78, 5) is 25.2. The monoisotopic (exact) mass is 406 g/mol. The van der Waals surface area contributed by atoms with Crippen molar-refractivity contribution in [3.63, 3.8) is 0 Å². The van der Waals surface area contributed by atoms with Gasteiger partial charge in [0.05, 0.1) is 12.2 Å². The largest absolute Gasteiger partial charge is 0.461 e. The number of halogens is 1. The van der Waals surface area contributed by atoms with Gasteiger partial charge in [-0.3, -0.25) is 4.79 Å². The minimum atomic E-state index is -0.399. The molecule has 0 saturated carbocycles. The van der Waals surface area contributed by atoms with Gasteiger partial charge in [-0.25, -0.2) is 4.79 Å². The lowest BCUT2D eigenvalue weighted by Gasteiger charge is -2.10. The van der Waals surface area contributed by atoms with E-state index in [4.69, 9.17) is 4.74 Å². The number of aryl methyl sites for hydroxylation is 1. The van der Waals surface area contributed by atoms with Crippen molar-refractivity contribution in [3.05, 3.63) is 50.8 Å². The molecule has 0 bridgehead atoms. The SMILES string of the molecule is CCOC(=O)c1c(C)c(C(=O)Nc2ccc(Br)cc2C)c(C)n1CC. The number of hydrogen-bond donors (Lipinski definition) is 1. The van der Waals surface area contributed by atoms with Crippen LogP contribution in [0.3, 0.4) is 0 Å². The number of hydrogen-bond acceptors (Lipinski definition) is 3. The Hall–Kier alpha value is -2.08. The third-order valence-corrected chi connectivity index (χ3v) is 4.71. The van der Waals surface area contributed by atoms with E-state index in [0.29, 0.717) is 30.0 Å². The zero-order chi connectivity index (χ0) is 18.7. The third kappa shape index (κ3) is 3.79. The Kier molecular flexibility index (Phi) is 6.06. The Balaban J connectivity index is 2.44. The van der Waals surface area contributed by atoms with E-state index in [2.05, 4.69) is 21.2 Å². The number of ether oxygens (including phenoxy) is 1. The van der Waals surface area contributed by atoms with E-state index in [1.54, 1.807) is 13.8 Å². The van der Waals surface area contributed by atoms with Gasteiger partial charge in [-0.2, -0.15) is 0 Å². The second-order valence-corrected chi connectivity index (χ2v) is 6.73. The summed E-state index contributed by atoms with van der Waals surface area (Å²) >= 11 is 3.42. The van der Waals surface area contributed by atoms with Crippen LogP contribution in [0.1, 0.15) is 51.5 Å². The molecule has 5 nitrogen and oxygen atoms in total. The van der Waals surface area contributed by atoms with Gasteiger partial charge >= 0.3 is 5.97 Å². The van der Waals surface area contributed by atoms with Crippen LogP contribution in [0.2, 0.25) is 0 Å². The fourth-order valence-corrected chi connectivity index (χ4v) is 3.52. The summed E-state index contributed by atoms with van der Waals surface area (Å²) in [6.45, 7) is 10.2. The molecule has 2 aromatic rings. The van der Waals surface area contributed by atoms with Crippen molar-refractivity contribution in [2.45, 2.75) is 41.2 Å². The summed E-state index contributed by atoms with van der Waals surface area (Å²) in [6, 6.07) is 5.67. The Morgan fingerprint density at radius 2 is 1.88 bits per heavy atom. The first-order chi connectivity index (χ1) is 11.8. The van der Waals surface area contributed by atoms with E-state index in [9.17, 15) is 9.59 Å². The number of rotatable bonds is 5. The maximum absolute atomic E-state index is 12.9. The molecule has 134 valence electrons. The van der Waals surface area contributed by atoms with Gasteiger partial charge in [0, 0.05) is 22.4 Å². The maximum Gasteiger partial charge on any atom is 0.355 e. The molecule has 1 heterocycles. The number of nitrogens with zero attached hydrogens (tertiary/aromatic N) is 1. The van der Waals surface area contributed by atoms with Crippen LogP contribution in [0.25, 0.3) is 0 Å². The highest BCUT2D eigenvalue weighted by Gasteiger charge is 2.26. The van der Waals surface area contributed by atoms with Crippen molar-refractivity contribution in [1.29, 1.82) is 0 Å². The number of amides is 1. The van der Waals surface area contributed by atoms with Gasteiger partial charge < -0.3 is 14.6 Å². The van der Waals surface area contributed by atoms with Crippen LogP contribution in [0.4, 0.5) is 5.69 Å². The van der Waals surface area contributed by atoms with Gasteiger partial charge in [0.25, 0.3) is 5.91 Å². The summed E-state index contributed by atoms with van der Waals surface area (Å²) < 4.78 is 7.94. The predicted octanol–water partition coefficient (Wildman–Crippen LogP) is 4.62. The molecule has 0 saturated heterocycles. The highest BCUT2D eigenvalue weighted by atomic mass is 79.9. The average molecular weight is 407 g/mol. The van der Waals surface area contributed by atoms with Gasteiger partial charge in [-0.15, -0.1) is 0 Å². The molecule has 0 unspecified atom stereocenters. The first kappa shape index (κ1) is 19.2. The molecule has 1 N–H and O–H groups in total. The van der Waals surface area contributed by atoms with Crippen molar-refractivity contribution >= 4 is 33.5 Å². The van der Waals surface area contributed by atoms with Gasteiger partial charge in [0.1, 0.15) is 5.69 Å². The molecular weight excluding hydrogens is 384 g/mol. The first-order valence-electron chi connectivity index (χ1n) is 8.26. The van der Waals surface area contributed by atoms with E-state index < -0.39 is 5.97 Å². The zero-order valence-corrected chi connectivity index (χ0v) is 16.8. The molecule has 0 aliphatic carbocycles. The fraction of sp³-hybridized carbons (Fsp3) is 0.368. The van der Waals surface area contributed by atoms with Crippen LogP contribution in [0, 0.1) is 20.8 Å². The number of carbonyl (C=O) groups excluding carboxylic acids is 2. The fourth-order valence-electron chi connectivity index (χ4n) is 3.04. The minimum Gasteiger partial charge on any atom is -0.461 e. The molecule has 0 aliphatic heterocycles. The molecule has 0 radical (unpaired) electrons. The van der Waals surface area contributed by atoms with E-state index in [1.807, 2.05) is 43.5 Å². The second-order valence-electron chi connectivity index (χ2n) is 5.81. The molecule has 0 fully saturated rings. The summed E-state index contributed by atoms with van der Waals surface area (Å²) in [7, 11) is 0. The Morgan fingerprint density at radius 3 is 2.44 bits per heavy atom. The minimum absolute atomic E-state index is 0.224. The predicted molar refractivity (Wildman–Crippen MR) is 102 cm³/mol. The summed E-state index contributed by atoms with van der Waals surface area (Å²) in [5.74, 6) is -0.623. The zero-order valence-electron chi connectivity index (χ0n) is 15.2. The standard InChI is InChI=1S/C19H23BrN2O3/c1-6-22-13(5)16(12(4)17(22)19(24)25-7-2)18(23)21-15-9-8-14(20)10-11(15)3/h8-10H,6-7H2,1-5H3,(H,21,23).